The predicted octanol–water partition coefficient (Wildman–Crippen LogP) is 4.33. The lowest BCUT2D eigenvalue weighted by atomic mass is 9.97. The molecule has 0 amide bonds. The van der Waals surface area contributed by atoms with Crippen molar-refractivity contribution in [1.29, 1.82) is 0 Å². The first-order valence-electron chi connectivity index (χ1n) is 6.66. The number of benzene rings is 2. The monoisotopic (exact) mass is 297 g/mol. The van der Waals surface area contributed by atoms with Crippen molar-refractivity contribution in [2.24, 2.45) is 0 Å². The van der Waals surface area contributed by atoms with Crippen LogP contribution < -0.4 is 5.32 Å². The van der Waals surface area contributed by atoms with Crippen molar-refractivity contribution >= 4 is 0 Å². The molecule has 2 rings (SSSR count). The normalized spacial score (nSPS) is 12.4. The van der Waals surface area contributed by atoms with Gasteiger partial charge in [0.25, 0.3) is 0 Å². The molecular formula is C16H15F4N. The highest BCUT2D eigenvalue weighted by atomic mass is 19.2. The first-order valence-corrected chi connectivity index (χ1v) is 6.66. The second kappa shape index (κ2) is 6.72. The summed E-state index contributed by atoms with van der Waals surface area (Å²) >= 11 is 0. The lowest BCUT2D eigenvalue weighted by molar-refractivity contribution is 0.432. The Morgan fingerprint density at radius 3 is 2.19 bits per heavy atom. The molecule has 2 aromatic rings. The number of nitrogens with one attached hydrogen (secondary N) is 1. The summed E-state index contributed by atoms with van der Waals surface area (Å²) in [6.07, 6.45) is 0.781. The van der Waals surface area contributed by atoms with Crippen LogP contribution in [0.5, 0.6) is 0 Å². The Hall–Kier alpha value is -1.88. The van der Waals surface area contributed by atoms with Gasteiger partial charge < -0.3 is 5.32 Å². The van der Waals surface area contributed by atoms with E-state index in [0.717, 1.165) is 12.5 Å². The van der Waals surface area contributed by atoms with Gasteiger partial charge in [-0.1, -0.05) is 25.1 Å². The van der Waals surface area contributed by atoms with Crippen LogP contribution in [0, 0.1) is 23.3 Å². The summed E-state index contributed by atoms with van der Waals surface area (Å²) in [5, 5.41) is 3.06. The quantitative estimate of drug-likeness (QED) is 0.640. The Bertz CT molecular complexity index is 610. The maximum Gasteiger partial charge on any atom is 0.194 e. The third-order valence-corrected chi connectivity index (χ3v) is 3.18. The summed E-state index contributed by atoms with van der Waals surface area (Å²) in [7, 11) is 0. The van der Waals surface area contributed by atoms with Gasteiger partial charge in [0, 0.05) is 5.56 Å². The highest BCUT2D eigenvalue weighted by molar-refractivity contribution is 5.33. The van der Waals surface area contributed by atoms with E-state index in [1.807, 2.05) is 6.92 Å². The van der Waals surface area contributed by atoms with Gasteiger partial charge in [-0.2, -0.15) is 0 Å². The summed E-state index contributed by atoms with van der Waals surface area (Å²) in [6, 6.07) is 6.89. The zero-order chi connectivity index (χ0) is 15.4. The Morgan fingerprint density at radius 1 is 0.905 bits per heavy atom. The van der Waals surface area contributed by atoms with Gasteiger partial charge in [0.2, 0.25) is 0 Å². The highest BCUT2D eigenvalue weighted by Crippen LogP contribution is 2.27. The standard InChI is InChI=1S/C16H15F4N/c1-2-9-21-16(10-3-5-11(17)6-4-10)12-7-8-13(18)15(20)14(12)19/h3-8,16,21H,2,9H2,1H3. The highest BCUT2D eigenvalue weighted by Gasteiger charge is 2.21. The lowest BCUT2D eigenvalue weighted by Gasteiger charge is -2.20. The Labute approximate surface area is 120 Å². The molecule has 0 heterocycles. The van der Waals surface area contributed by atoms with Crippen LogP contribution in [0.1, 0.15) is 30.5 Å². The van der Waals surface area contributed by atoms with E-state index in [1.54, 1.807) is 0 Å². The van der Waals surface area contributed by atoms with Crippen LogP contribution in [0.4, 0.5) is 17.6 Å². The molecule has 1 N–H and O–H groups in total. The maximum atomic E-state index is 14.0. The minimum Gasteiger partial charge on any atom is -0.306 e. The lowest BCUT2D eigenvalue weighted by Crippen LogP contribution is -2.24. The van der Waals surface area contributed by atoms with Crippen LogP contribution in [0.25, 0.3) is 0 Å². The molecule has 0 aliphatic rings. The van der Waals surface area contributed by atoms with Crippen LogP contribution >= 0.6 is 0 Å². The second-order valence-electron chi connectivity index (χ2n) is 4.70. The molecule has 0 saturated carbocycles. The number of hydrogen-bond donors (Lipinski definition) is 1. The SMILES string of the molecule is CCCNC(c1ccc(F)cc1)c1ccc(F)c(F)c1F. The van der Waals surface area contributed by atoms with Gasteiger partial charge >= 0.3 is 0 Å². The Balaban J connectivity index is 2.45. The molecule has 2 aromatic carbocycles. The molecule has 0 bridgehead atoms. The largest absolute Gasteiger partial charge is 0.306 e. The fourth-order valence-corrected chi connectivity index (χ4v) is 2.12. The number of halogens is 4. The molecule has 0 spiro atoms. The van der Waals surface area contributed by atoms with Crippen molar-refractivity contribution in [3.05, 3.63) is 70.8 Å². The van der Waals surface area contributed by atoms with E-state index in [0.29, 0.717) is 12.1 Å². The van der Waals surface area contributed by atoms with Gasteiger partial charge in [0.1, 0.15) is 5.82 Å². The fraction of sp³-hybridized carbons (Fsp3) is 0.250. The van der Waals surface area contributed by atoms with Gasteiger partial charge in [-0.25, -0.2) is 17.6 Å². The van der Waals surface area contributed by atoms with Crippen LogP contribution in [0.3, 0.4) is 0 Å². The summed E-state index contributed by atoms with van der Waals surface area (Å²) in [5.74, 6) is -4.38. The van der Waals surface area contributed by atoms with Gasteiger partial charge in [0.15, 0.2) is 17.5 Å². The average Bonchev–Trinajstić information content (AvgIpc) is 2.48. The third-order valence-electron chi connectivity index (χ3n) is 3.18. The van der Waals surface area contributed by atoms with Crippen LogP contribution in [-0.2, 0) is 0 Å². The number of rotatable bonds is 5. The first-order chi connectivity index (χ1) is 10.0. The second-order valence-corrected chi connectivity index (χ2v) is 4.70. The van der Waals surface area contributed by atoms with E-state index in [1.165, 1.54) is 30.3 Å². The molecule has 0 radical (unpaired) electrons. The Kier molecular flexibility index (Phi) is 4.96. The zero-order valence-corrected chi connectivity index (χ0v) is 11.5. The molecule has 5 heteroatoms. The van der Waals surface area contributed by atoms with Gasteiger partial charge in [-0.15, -0.1) is 0 Å². The van der Waals surface area contributed by atoms with Crippen molar-refractivity contribution < 1.29 is 17.6 Å². The van der Waals surface area contributed by atoms with Crippen molar-refractivity contribution in [3.8, 4) is 0 Å². The fourth-order valence-electron chi connectivity index (χ4n) is 2.12. The van der Waals surface area contributed by atoms with Crippen LogP contribution in [-0.4, -0.2) is 6.54 Å². The minimum atomic E-state index is -1.50. The molecule has 1 unspecified atom stereocenters. The van der Waals surface area contributed by atoms with E-state index >= 15 is 0 Å². The molecule has 0 aromatic heterocycles. The van der Waals surface area contributed by atoms with Crippen molar-refractivity contribution in [1.82, 2.24) is 5.32 Å². The molecule has 112 valence electrons. The summed E-state index contributed by atoms with van der Waals surface area (Å²) in [6.45, 7) is 2.48. The molecule has 0 aliphatic carbocycles. The smallest absolute Gasteiger partial charge is 0.194 e. The molecule has 0 aliphatic heterocycles. The van der Waals surface area contributed by atoms with Gasteiger partial charge in [-0.3, -0.25) is 0 Å². The topological polar surface area (TPSA) is 12.0 Å². The van der Waals surface area contributed by atoms with Gasteiger partial charge in [0.05, 0.1) is 6.04 Å². The summed E-state index contributed by atoms with van der Waals surface area (Å²) < 4.78 is 53.4. The van der Waals surface area contributed by atoms with E-state index < -0.39 is 29.3 Å². The molecule has 0 saturated heterocycles. The first kappa shape index (κ1) is 15.5. The maximum absolute atomic E-state index is 14.0. The van der Waals surface area contributed by atoms with Gasteiger partial charge in [-0.05, 0) is 36.7 Å². The predicted molar refractivity (Wildman–Crippen MR) is 72.9 cm³/mol. The average molecular weight is 297 g/mol. The molecule has 21 heavy (non-hydrogen) atoms. The molecule has 1 nitrogen and oxygen atoms in total. The summed E-state index contributed by atoms with van der Waals surface area (Å²) in [4.78, 5) is 0. The van der Waals surface area contributed by atoms with E-state index in [2.05, 4.69) is 5.32 Å². The van der Waals surface area contributed by atoms with E-state index in [4.69, 9.17) is 0 Å². The van der Waals surface area contributed by atoms with Crippen molar-refractivity contribution in [2.45, 2.75) is 19.4 Å². The van der Waals surface area contributed by atoms with E-state index in [9.17, 15) is 17.6 Å². The van der Waals surface area contributed by atoms with Crippen LogP contribution in [0.15, 0.2) is 36.4 Å². The molecule has 0 fully saturated rings. The third kappa shape index (κ3) is 3.42. The zero-order valence-electron chi connectivity index (χ0n) is 11.5. The molecule has 1 atom stereocenters. The summed E-state index contributed by atoms with van der Waals surface area (Å²) in [5.41, 5.74) is 0.573. The van der Waals surface area contributed by atoms with Crippen LogP contribution in [0.2, 0.25) is 0 Å². The number of hydrogen-bond acceptors (Lipinski definition) is 1. The van der Waals surface area contributed by atoms with E-state index in [-0.39, 0.29) is 5.56 Å². The molecular weight excluding hydrogens is 282 g/mol. The van der Waals surface area contributed by atoms with Crippen molar-refractivity contribution in [2.75, 3.05) is 6.54 Å². The minimum absolute atomic E-state index is 0.00559. The Morgan fingerprint density at radius 2 is 1.57 bits per heavy atom. The van der Waals surface area contributed by atoms with Crippen molar-refractivity contribution in [3.63, 3.8) is 0 Å².